The molecule has 0 amide bonds. The predicted molar refractivity (Wildman–Crippen MR) is 139 cm³/mol. The van der Waals surface area contributed by atoms with Gasteiger partial charge in [-0.3, -0.25) is 4.79 Å². The third-order valence-corrected chi connectivity index (χ3v) is 7.30. The number of halogens is 1. The van der Waals surface area contributed by atoms with Gasteiger partial charge in [-0.1, -0.05) is 30.3 Å². The lowest BCUT2D eigenvalue weighted by molar-refractivity contribution is -0.141. The lowest BCUT2D eigenvalue weighted by atomic mass is 9.68. The van der Waals surface area contributed by atoms with E-state index in [-0.39, 0.29) is 18.3 Å². The Bertz CT molecular complexity index is 1220. The first kappa shape index (κ1) is 26.0. The molecule has 2 aromatic rings. The van der Waals surface area contributed by atoms with Crippen molar-refractivity contribution in [3.05, 3.63) is 81.1 Å². The zero-order valence-corrected chi connectivity index (χ0v) is 22.4. The molecule has 1 aliphatic heterocycles. The van der Waals surface area contributed by atoms with Crippen LogP contribution in [0.25, 0.3) is 0 Å². The average Bonchev–Trinajstić information content (AvgIpc) is 2.87. The van der Waals surface area contributed by atoms with Gasteiger partial charge >= 0.3 is 5.97 Å². The molecule has 4 rings (SSSR count). The first-order valence-corrected chi connectivity index (χ1v) is 12.5. The molecule has 2 aromatic carbocycles. The molecule has 1 heterocycles. The molecular formula is C28H30BrNO6. The van der Waals surface area contributed by atoms with Gasteiger partial charge in [0.2, 0.25) is 0 Å². The summed E-state index contributed by atoms with van der Waals surface area (Å²) in [6.45, 7) is 2.26. The second-order valence-electron chi connectivity index (χ2n) is 8.78. The van der Waals surface area contributed by atoms with E-state index in [2.05, 4.69) is 27.3 Å². The van der Waals surface area contributed by atoms with E-state index in [1.807, 2.05) is 49.4 Å². The van der Waals surface area contributed by atoms with Crippen molar-refractivity contribution >= 4 is 27.7 Å². The molecule has 0 radical (unpaired) electrons. The molecule has 3 unspecified atom stereocenters. The molecule has 8 heteroatoms. The number of ether oxygens (including phenoxy) is 4. The Morgan fingerprint density at radius 2 is 1.78 bits per heavy atom. The van der Waals surface area contributed by atoms with E-state index in [9.17, 15) is 9.59 Å². The minimum atomic E-state index is -0.551. The zero-order chi connectivity index (χ0) is 25.8. The number of fused-ring (bicyclic) bond motifs is 1. The van der Waals surface area contributed by atoms with Crippen LogP contribution in [0.2, 0.25) is 0 Å². The Balaban J connectivity index is 1.81. The van der Waals surface area contributed by atoms with Crippen molar-refractivity contribution in [1.29, 1.82) is 0 Å². The number of benzene rings is 2. The number of Topliss-reactive ketones (excluding diaryl/α,β-unsaturated/α-hetero) is 1. The van der Waals surface area contributed by atoms with Gasteiger partial charge in [-0.2, -0.15) is 0 Å². The highest BCUT2D eigenvalue weighted by Gasteiger charge is 2.45. The molecule has 190 valence electrons. The fraction of sp³-hybridized carbons (Fsp3) is 0.357. The summed E-state index contributed by atoms with van der Waals surface area (Å²) in [5.74, 6) is -0.217. The predicted octanol–water partition coefficient (Wildman–Crippen LogP) is 4.87. The fourth-order valence-corrected chi connectivity index (χ4v) is 5.61. The summed E-state index contributed by atoms with van der Waals surface area (Å²) >= 11 is 3.55. The highest BCUT2D eigenvalue weighted by atomic mass is 79.9. The lowest BCUT2D eigenvalue weighted by Crippen LogP contribution is -2.42. The average molecular weight is 556 g/mol. The summed E-state index contributed by atoms with van der Waals surface area (Å²) < 4.78 is 22.2. The number of nitrogens with one attached hydrogen (secondary N) is 1. The van der Waals surface area contributed by atoms with Crippen molar-refractivity contribution in [2.75, 3.05) is 34.5 Å². The van der Waals surface area contributed by atoms with E-state index in [1.165, 1.54) is 0 Å². The molecule has 0 saturated carbocycles. The van der Waals surface area contributed by atoms with Crippen LogP contribution in [0.15, 0.2) is 70.0 Å². The smallest absolute Gasteiger partial charge is 0.336 e. The molecule has 7 nitrogen and oxygen atoms in total. The molecule has 36 heavy (non-hydrogen) atoms. The van der Waals surface area contributed by atoms with Gasteiger partial charge < -0.3 is 24.3 Å². The van der Waals surface area contributed by atoms with Crippen LogP contribution in [0.1, 0.15) is 36.3 Å². The summed E-state index contributed by atoms with van der Waals surface area (Å²) in [6, 6.07) is 13.4. The normalized spacial score (nSPS) is 21.3. The van der Waals surface area contributed by atoms with E-state index < -0.39 is 17.8 Å². The van der Waals surface area contributed by atoms with Gasteiger partial charge in [0.15, 0.2) is 0 Å². The second kappa shape index (κ2) is 11.3. The van der Waals surface area contributed by atoms with Gasteiger partial charge in [0.05, 0.1) is 36.8 Å². The molecule has 1 N–H and O–H groups in total. The lowest BCUT2D eigenvalue weighted by Gasteiger charge is -2.39. The first-order chi connectivity index (χ1) is 17.4. The summed E-state index contributed by atoms with van der Waals surface area (Å²) in [7, 11) is 4.77. The van der Waals surface area contributed by atoms with Crippen LogP contribution < -0.4 is 14.8 Å². The van der Waals surface area contributed by atoms with E-state index in [4.69, 9.17) is 18.9 Å². The number of esters is 1. The Morgan fingerprint density at radius 1 is 1.03 bits per heavy atom. The number of hydrogen-bond donors (Lipinski definition) is 1. The quantitative estimate of drug-likeness (QED) is 0.367. The van der Waals surface area contributed by atoms with Crippen LogP contribution in [0, 0.1) is 5.92 Å². The number of methoxy groups -OCH3 is 3. The van der Waals surface area contributed by atoms with Gasteiger partial charge in [0, 0.05) is 42.3 Å². The molecule has 0 fully saturated rings. The number of allylic oxidation sites excluding steroid dienone is 3. The number of para-hydroxylation sites is 1. The minimum absolute atomic E-state index is 0.0440. The summed E-state index contributed by atoms with van der Waals surface area (Å²) in [4.78, 5) is 27.1. The van der Waals surface area contributed by atoms with Crippen LogP contribution in [-0.4, -0.2) is 46.3 Å². The number of ketones is 1. The molecule has 0 aromatic heterocycles. The Kier molecular flexibility index (Phi) is 8.16. The van der Waals surface area contributed by atoms with Crippen LogP contribution in [0.3, 0.4) is 0 Å². The molecule has 0 bridgehead atoms. The van der Waals surface area contributed by atoms with Gasteiger partial charge in [0.25, 0.3) is 0 Å². The van der Waals surface area contributed by atoms with Crippen molar-refractivity contribution in [2.45, 2.75) is 25.2 Å². The van der Waals surface area contributed by atoms with Crippen LogP contribution in [0.5, 0.6) is 11.5 Å². The molecule has 0 spiro atoms. The van der Waals surface area contributed by atoms with E-state index in [1.54, 1.807) is 21.3 Å². The third kappa shape index (κ3) is 5.06. The molecule has 3 atom stereocenters. The number of rotatable bonds is 8. The van der Waals surface area contributed by atoms with Crippen LogP contribution in [0.4, 0.5) is 0 Å². The molecule has 0 saturated heterocycles. The minimum Gasteiger partial charge on any atom is -0.496 e. The van der Waals surface area contributed by atoms with Gasteiger partial charge in [-0.25, -0.2) is 4.79 Å². The number of carbonyl (C=O) groups is 2. The first-order valence-electron chi connectivity index (χ1n) is 11.7. The highest BCUT2D eigenvalue weighted by Crippen LogP contribution is 2.47. The van der Waals surface area contributed by atoms with Crippen molar-refractivity contribution in [2.24, 2.45) is 5.92 Å². The largest absolute Gasteiger partial charge is 0.496 e. The van der Waals surface area contributed by atoms with E-state index >= 15 is 0 Å². The number of hydrogen-bond acceptors (Lipinski definition) is 7. The van der Waals surface area contributed by atoms with Crippen molar-refractivity contribution in [3.8, 4) is 11.5 Å². The summed E-state index contributed by atoms with van der Waals surface area (Å²) in [6.07, 6.45) is 2.39. The second-order valence-corrected chi connectivity index (χ2v) is 9.64. The maximum atomic E-state index is 13.8. The number of carbonyl (C=O) groups excluding carboxylic acids is 2. The van der Waals surface area contributed by atoms with Gasteiger partial charge in [0.1, 0.15) is 23.9 Å². The molecule has 2 aliphatic rings. The molecule has 1 aliphatic carbocycles. The maximum absolute atomic E-state index is 13.8. The van der Waals surface area contributed by atoms with Gasteiger partial charge in [-0.05, 0) is 46.6 Å². The van der Waals surface area contributed by atoms with Crippen molar-refractivity contribution in [3.63, 3.8) is 0 Å². The standard InChI is InChI=1S/C28H30BrNO6/c1-16-25(28(32)36-12-11-33-2)26(17-9-10-24(35-4)20(29)13-17)27-21(30-16)14-18(15-22(27)31)19-7-5-6-8-23(19)34-3/h5-10,13-14,18,26-27,30H,11-12,15H2,1-4H3. The van der Waals surface area contributed by atoms with E-state index in [0.717, 1.165) is 27.0 Å². The van der Waals surface area contributed by atoms with Crippen molar-refractivity contribution < 1.29 is 28.5 Å². The van der Waals surface area contributed by atoms with Crippen LogP contribution in [-0.2, 0) is 19.1 Å². The zero-order valence-electron chi connectivity index (χ0n) is 20.8. The Labute approximate surface area is 219 Å². The summed E-state index contributed by atoms with van der Waals surface area (Å²) in [5.41, 5.74) is 3.66. The topological polar surface area (TPSA) is 83.1 Å². The third-order valence-electron chi connectivity index (χ3n) is 6.68. The van der Waals surface area contributed by atoms with E-state index in [0.29, 0.717) is 30.0 Å². The fourth-order valence-electron chi connectivity index (χ4n) is 5.05. The van der Waals surface area contributed by atoms with Gasteiger partial charge in [-0.15, -0.1) is 0 Å². The maximum Gasteiger partial charge on any atom is 0.336 e. The van der Waals surface area contributed by atoms with Crippen LogP contribution >= 0.6 is 15.9 Å². The Morgan fingerprint density at radius 3 is 2.47 bits per heavy atom. The monoisotopic (exact) mass is 555 g/mol. The summed E-state index contributed by atoms with van der Waals surface area (Å²) in [5, 5.41) is 3.35. The molecular weight excluding hydrogens is 526 g/mol. The highest BCUT2D eigenvalue weighted by molar-refractivity contribution is 9.10. The Hall–Kier alpha value is -3.10. The van der Waals surface area contributed by atoms with Crippen molar-refractivity contribution in [1.82, 2.24) is 5.32 Å². The SMILES string of the molecule is COCCOC(=O)C1=C(C)NC2=CC(c3ccccc3OC)CC(=O)C2C1c1ccc(OC)c(Br)c1.